The molecule has 0 saturated heterocycles. The van der Waals surface area contributed by atoms with Crippen molar-refractivity contribution in [2.45, 2.75) is 20.8 Å². The zero-order chi connectivity index (χ0) is 9.80. The van der Waals surface area contributed by atoms with Crippen LogP contribution in [0.4, 0.5) is 0 Å². The van der Waals surface area contributed by atoms with Crippen LogP contribution in [0.3, 0.4) is 0 Å². The summed E-state index contributed by atoms with van der Waals surface area (Å²) in [7, 11) is 0. The van der Waals surface area contributed by atoms with E-state index in [1.807, 2.05) is 0 Å². The Hall–Kier alpha value is -0.920. The van der Waals surface area contributed by atoms with Gasteiger partial charge in [-0.1, -0.05) is 20.8 Å². The summed E-state index contributed by atoms with van der Waals surface area (Å²) in [6, 6.07) is 0. The third kappa shape index (κ3) is 1.16. The molecular weight excluding hydrogens is 164 g/mol. The normalized spacial score (nSPS) is 37.6. The van der Waals surface area contributed by atoms with Gasteiger partial charge in [-0.25, -0.2) is 0 Å². The van der Waals surface area contributed by atoms with Crippen LogP contribution < -0.4 is 0 Å². The maximum Gasteiger partial charge on any atom is 0.159 e. The summed E-state index contributed by atoms with van der Waals surface area (Å²) < 4.78 is 0. The first-order valence-corrected chi connectivity index (χ1v) is 4.68. The summed E-state index contributed by atoms with van der Waals surface area (Å²) in [6.45, 7) is 6.28. The second-order valence-corrected chi connectivity index (χ2v) is 5.08. The summed E-state index contributed by atoms with van der Waals surface area (Å²) in [5.74, 6) is 0.548. The fraction of sp³-hybridized carbons (Fsp3) is 0.636. The second-order valence-electron chi connectivity index (χ2n) is 5.08. The van der Waals surface area contributed by atoms with Crippen LogP contribution in [0, 0.1) is 23.2 Å². The van der Waals surface area contributed by atoms with Crippen molar-refractivity contribution in [1.29, 1.82) is 0 Å². The molecule has 0 amide bonds. The average molecular weight is 178 g/mol. The molecular formula is C11H14O2. The topological polar surface area (TPSA) is 34.1 Å². The molecule has 0 aromatic rings. The molecule has 0 spiro atoms. The molecule has 0 bridgehead atoms. The summed E-state index contributed by atoms with van der Waals surface area (Å²) in [5.41, 5.74) is 0.0761. The van der Waals surface area contributed by atoms with E-state index in [2.05, 4.69) is 20.8 Å². The van der Waals surface area contributed by atoms with Crippen LogP contribution in [0.5, 0.6) is 0 Å². The fourth-order valence-corrected chi connectivity index (χ4v) is 2.48. The number of allylic oxidation sites excluding steroid dienone is 2. The van der Waals surface area contributed by atoms with Crippen molar-refractivity contribution in [2.75, 3.05) is 0 Å². The zero-order valence-electron chi connectivity index (χ0n) is 8.20. The Morgan fingerprint density at radius 2 is 1.38 bits per heavy atom. The lowest BCUT2D eigenvalue weighted by atomic mass is 9.87. The molecule has 0 heterocycles. The lowest BCUT2D eigenvalue weighted by molar-refractivity contribution is -0.121. The van der Waals surface area contributed by atoms with Crippen LogP contribution in [0.25, 0.3) is 0 Å². The molecule has 13 heavy (non-hydrogen) atoms. The molecule has 2 heteroatoms. The van der Waals surface area contributed by atoms with Gasteiger partial charge in [0.25, 0.3) is 0 Å². The van der Waals surface area contributed by atoms with E-state index >= 15 is 0 Å². The lowest BCUT2D eigenvalue weighted by Crippen LogP contribution is -2.12. The molecule has 2 aliphatic rings. The number of hydrogen-bond donors (Lipinski definition) is 0. The quantitative estimate of drug-likeness (QED) is 0.564. The first-order valence-electron chi connectivity index (χ1n) is 4.68. The summed E-state index contributed by atoms with van der Waals surface area (Å²) in [6.07, 6.45) is 2.88. The van der Waals surface area contributed by atoms with Crippen molar-refractivity contribution in [3.05, 3.63) is 12.2 Å². The van der Waals surface area contributed by atoms with E-state index in [9.17, 15) is 9.59 Å². The number of fused-ring (bicyclic) bond motifs is 1. The van der Waals surface area contributed by atoms with Gasteiger partial charge < -0.3 is 0 Å². The zero-order valence-corrected chi connectivity index (χ0v) is 8.20. The molecule has 0 aromatic heterocycles. The van der Waals surface area contributed by atoms with Crippen LogP contribution in [0.2, 0.25) is 0 Å². The average Bonchev–Trinajstić information content (AvgIpc) is 2.70. The van der Waals surface area contributed by atoms with Gasteiger partial charge in [0.05, 0.1) is 0 Å². The van der Waals surface area contributed by atoms with E-state index < -0.39 is 0 Å². The number of carbonyl (C=O) groups is 2. The number of hydrogen-bond acceptors (Lipinski definition) is 2. The molecule has 2 nitrogen and oxygen atoms in total. The molecule has 1 saturated carbocycles. The Morgan fingerprint density at radius 1 is 1.00 bits per heavy atom. The Labute approximate surface area is 78.0 Å². The van der Waals surface area contributed by atoms with Crippen molar-refractivity contribution in [2.24, 2.45) is 23.2 Å². The van der Waals surface area contributed by atoms with Gasteiger partial charge in [0, 0.05) is 11.8 Å². The summed E-state index contributed by atoms with van der Waals surface area (Å²) in [5, 5.41) is 0. The van der Waals surface area contributed by atoms with Gasteiger partial charge >= 0.3 is 0 Å². The largest absolute Gasteiger partial charge is 0.295 e. The minimum Gasteiger partial charge on any atom is -0.295 e. The predicted molar refractivity (Wildman–Crippen MR) is 49.1 cm³/mol. The van der Waals surface area contributed by atoms with Crippen molar-refractivity contribution < 1.29 is 9.59 Å². The SMILES string of the molecule is CC(C)(C)C1C2C(=O)C=CC(=O)C21. The number of rotatable bonds is 0. The number of ketones is 2. The monoisotopic (exact) mass is 178 g/mol. The second kappa shape index (κ2) is 2.31. The first-order chi connectivity index (χ1) is 5.93. The number of carbonyl (C=O) groups excluding carboxylic acids is 2. The van der Waals surface area contributed by atoms with Gasteiger partial charge in [-0.3, -0.25) is 9.59 Å². The molecule has 0 N–H and O–H groups in total. The van der Waals surface area contributed by atoms with Crippen LogP contribution in [-0.2, 0) is 9.59 Å². The van der Waals surface area contributed by atoms with Gasteiger partial charge in [0.2, 0.25) is 0 Å². The Bertz CT molecular complexity index is 283. The molecule has 2 rings (SSSR count). The highest BCUT2D eigenvalue weighted by molar-refractivity contribution is 6.11. The van der Waals surface area contributed by atoms with E-state index in [-0.39, 0.29) is 34.7 Å². The van der Waals surface area contributed by atoms with E-state index in [1.165, 1.54) is 12.2 Å². The summed E-state index contributed by atoms with van der Waals surface area (Å²) in [4.78, 5) is 22.8. The maximum atomic E-state index is 11.4. The van der Waals surface area contributed by atoms with Gasteiger partial charge in [0.1, 0.15) is 0 Å². The predicted octanol–water partition coefficient (Wildman–Crippen LogP) is 1.60. The Kier molecular flexibility index (Phi) is 1.54. The van der Waals surface area contributed by atoms with Crippen LogP contribution >= 0.6 is 0 Å². The molecule has 0 aromatic carbocycles. The standard InChI is InChI=1S/C11H14O2/c1-11(2,3)10-8-6(12)4-5-7(13)9(8)10/h4-5,8-10H,1-3H3. The third-order valence-corrected chi connectivity index (χ3v) is 3.09. The fourth-order valence-electron chi connectivity index (χ4n) is 2.48. The first kappa shape index (κ1) is 8.67. The minimum absolute atomic E-state index is 0.00231. The highest BCUT2D eigenvalue weighted by atomic mass is 16.1. The van der Waals surface area contributed by atoms with Gasteiger partial charge in [-0.15, -0.1) is 0 Å². The molecule has 2 unspecified atom stereocenters. The molecule has 0 radical (unpaired) electrons. The third-order valence-electron chi connectivity index (χ3n) is 3.09. The lowest BCUT2D eigenvalue weighted by Gasteiger charge is -2.17. The Morgan fingerprint density at radius 3 is 1.69 bits per heavy atom. The van der Waals surface area contributed by atoms with Crippen LogP contribution in [0.1, 0.15) is 20.8 Å². The molecule has 2 aliphatic carbocycles. The maximum absolute atomic E-state index is 11.4. The van der Waals surface area contributed by atoms with Crippen LogP contribution in [-0.4, -0.2) is 11.6 Å². The molecule has 0 aliphatic heterocycles. The molecule has 2 atom stereocenters. The van der Waals surface area contributed by atoms with Crippen molar-refractivity contribution in [3.63, 3.8) is 0 Å². The van der Waals surface area contributed by atoms with Gasteiger partial charge in [-0.05, 0) is 23.5 Å². The van der Waals surface area contributed by atoms with E-state index in [0.29, 0.717) is 0 Å². The summed E-state index contributed by atoms with van der Waals surface area (Å²) >= 11 is 0. The van der Waals surface area contributed by atoms with E-state index in [1.54, 1.807) is 0 Å². The van der Waals surface area contributed by atoms with Crippen molar-refractivity contribution >= 4 is 11.6 Å². The molecule has 70 valence electrons. The van der Waals surface area contributed by atoms with Gasteiger partial charge in [-0.2, -0.15) is 0 Å². The van der Waals surface area contributed by atoms with Crippen molar-refractivity contribution in [3.8, 4) is 0 Å². The van der Waals surface area contributed by atoms with Crippen LogP contribution in [0.15, 0.2) is 12.2 Å². The van der Waals surface area contributed by atoms with Crippen molar-refractivity contribution in [1.82, 2.24) is 0 Å². The highest BCUT2D eigenvalue weighted by Gasteiger charge is 2.62. The van der Waals surface area contributed by atoms with E-state index in [4.69, 9.17) is 0 Å². The Balaban J connectivity index is 2.26. The minimum atomic E-state index is -0.00231. The smallest absolute Gasteiger partial charge is 0.159 e. The van der Waals surface area contributed by atoms with Gasteiger partial charge in [0.15, 0.2) is 11.6 Å². The van der Waals surface area contributed by atoms with E-state index in [0.717, 1.165) is 0 Å². The highest BCUT2D eigenvalue weighted by Crippen LogP contribution is 2.58. The molecule has 1 fully saturated rings.